The van der Waals surface area contributed by atoms with Gasteiger partial charge in [0.1, 0.15) is 0 Å². The maximum absolute atomic E-state index is 5.18. The Morgan fingerprint density at radius 1 is 0.259 bits per heavy atom. The van der Waals surface area contributed by atoms with Crippen molar-refractivity contribution < 1.29 is 80.4 Å². The fourth-order valence-electron chi connectivity index (χ4n) is 27.3. The molecule has 8 nitrogen and oxygen atoms in total. The summed E-state index contributed by atoms with van der Waals surface area (Å²) < 4.78 is 10.5. The molecule has 112 heavy (non-hydrogen) atoms. The van der Waals surface area contributed by atoms with Gasteiger partial charge in [0.05, 0.1) is 67.4 Å². The molecule has 16 aliphatic rings. The number of nitrogens with zero attached hydrogens (tertiary/aromatic N) is 8. The Labute approximate surface area is 713 Å². The monoisotopic (exact) mass is 2180 g/mol. The van der Waals surface area contributed by atoms with E-state index in [9.17, 15) is 0 Å². The van der Waals surface area contributed by atoms with Crippen LogP contribution in [0.4, 0.5) is 0 Å². The van der Waals surface area contributed by atoms with Crippen molar-refractivity contribution in [2.75, 3.05) is 0 Å². The minimum absolute atomic E-state index is 0. The Balaban J connectivity index is 0.0000000996. The molecule has 16 bridgehead atoms. The molecule has 0 N–H and O–H groups in total. The fraction of sp³-hybridized carbons (Fsp3) is 0.400. The molecule has 0 saturated heterocycles. The van der Waals surface area contributed by atoms with Gasteiger partial charge in [0, 0.05) is 104 Å². The standard InChI is InChI=1S/2C27H25N2.2C23H23N2.4Ir/c1-2-6-22-14-23(10-9-21(22)5-1)26-28-24-7-3-4-8-25(24)29(26)27-15-18-11-19(16-27)13-20(12-18)17-27;1-2-6-20-16-21(10-9-19(20)5-1)27-28-24-7-3-4-8-25(24)29(27)26-22-12-17-11-18(14-22)15-23(26)13-17;1-2-6-19(7-3-1)22-24-20-8-4-5-9-21(20)25(22)23-13-16-10-17(14-23)12-18(11-16)15-23;1-2-6-17(7-3-1)23-24-20-8-4-5-9-21(20)25(23)22-18-11-15-10-16(13-18)14-19(22)12-15;;;;/h1-9,14,18-20H,11-13,15-17H2;1-9,16-18,22-23,26H,11-15H2;1-6,8-9,16-18H,10-15H2;1-6,8-9,15-16,18-19,22H,10-14H2;;;;/q4*-1;;;;. The first-order chi connectivity index (χ1) is 53.3. The van der Waals surface area contributed by atoms with E-state index >= 15 is 0 Å². The first-order valence-electron chi connectivity index (χ1n) is 41.9. The van der Waals surface area contributed by atoms with Crippen molar-refractivity contribution in [2.45, 2.75) is 164 Å². The molecule has 0 atom stereocenters. The van der Waals surface area contributed by atoms with Crippen LogP contribution in [-0.4, -0.2) is 38.2 Å². The zero-order valence-corrected chi connectivity index (χ0v) is 73.1. The summed E-state index contributed by atoms with van der Waals surface area (Å²) in [6.07, 6.45) is 31.3. The van der Waals surface area contributed by atoms with Crippen LogP contribution in [0.15, 0.2) is 218 Å². The molecular weight excluding hydrogens is 2080 g/mol. The second-order valence-electron chi connectivity index (χ2n) is 36.7. The van der Waals surface area contributed by atoms with Gasteiger partial charge in [0.2, 0.25) is 0 Å². The minimum atomic E-state index is 0. The predicted molar refractivity (Wildman–Crippen MR) is 435 cm³/mol. The van der Waals surface area contributed by atoms with Crippen LogP contribution >= 0.6 is 0 Å². The summed E-state index contributed by atoms with van der Waals surface area (Å²) in [6, 6.07) is 92.8. The van der Waals surface area contributed by atoms with Crippen LogP contribution < -0.4 is 0 Å². The Morgan fingerprint density at radius 2 is 0.536 bits per heavy atom. The minimum Gasteiger partial charge on any atom is -0.361 e. The third kappa shape index (κ3) is 13.1. The van der Waals surface area contributed by atoms with Crippen molar-refractivity contribution in [3.05, 3.63) is 243 Å². The molecule has 0 unspecified atom stereocenters. The van der Waals surface area contributed by atoms with Crippen LogP contribution in [0.5, 0.6) is 0 Å². The van der Waals surface area contributed by atoms with Crippen LogP contribution in [0.2, 0.25) is 0 Å². The van der Waals surface area contributed by atoms with E-state index in [0.29, 0.717) is 12.1 Å². The molecule has 4 aromatic heterocycles. The van der Waals surface area contributed by atoms with Crippen LogP contribution in [0.1, 0.15) is 153 Å². The van der Waals surface area contributed by atoms with E-state index in [2.05, 4.69) is 237 Å². The molecule has 16 saturated carbocycles. The van der Waals surface area contributed by atoms with E-state index in [1.54, 1.807) is 0 Å². The quantitative estimate of drug-likeness (QED) is 0.142. The van der Waals surface area contributed by atoms with Gasteiger partial charge in [-0.2, -0.15) is 0 Å². The molecule has 0 aliphatic heterocycles. The topological polar surface area (TPSA) is 71.3 Å². The summed E-state index contributed by atoms with van der Waals surface area (Å²) in [5.74, 6) is 17.3. The Hall–Kier alpha value is -6.80. The van der Waals surface area contributed by atoms with E-state index in [1.165, 1.54) is 185 Å². The SMILES string of the molecule is [Ir].[Ir].[Ir].[Ir].[c-]1cc2ccccc2cc1-c1nc2ccccc2n1C12CC3CC(CC(C3)C1)C2.[c-]1cc2ccccc2cc1-c1nc2ccccc2n1C1C2CC3CC(C2)CC1C3.[c-]1ccccc1-c1nc2ccccc2n1C12CC3CC(CC(C3)C1)C2.[c-]1ccccc1-c1nc2ccccc2n1C1C2CC3CC(C2)CC1C3. The van der Waals surface area contributed by atoms with E-state index in [4.69, 9.17) is 19.9 Å². The average Bonchev–Trinajstić information content (AvgIpc) is 1.46. The van der Waals surface area contributed by atoms with Crippen LogP contribution in [0.25, 0.3) is 111 Å². The van der Waals surface area contributed by atoms with Gasteiger partial charge in [0.15, 0.2) is 0 Å². The first kappa shape index (κ1) is 75.3. The number of aromatic nitrogens is 8. The van der Waals surface area contributed by atoms with Crippen molar-refractivity contribution in [3.8, 4) is 45.6 Å². The Kier molecular flexibility index (Phi) is 20.4. The van der Waals surface area contributed by atoms with Crippen molar-refractivity contribution in [3.63, 3.8) is 0 Å². The molecular formula is C100H96Ir4N8-4. The van der Waals surface area contributed by atoms with Gasteiger partial charge < -0.3 is 18.3 Å². The second-order valence-corrected chi connectivity index (χ2v) is 36.7. The maximum Gasteiger partial charge on any atom is 0.0770 e. The van der Waals surface area contributed by atoms with Crippen molar-refractivity contribution in [1.82, 2.24) is 38.2 Å². The van der Waals surface area contributed by atoms with Crippen molar-refractivity contribution in [1.29, 1.82) is 0 Å². The summed E-state index contributed by atoms with van der Waals surface area (Å²) in [5, 5.41) is 5.03. The molecule has 16 fully saturated rings. The van der Waals surface area contributed by atoms with E-state index in [0.717, 1.165) is 150 Å². The average molecular weight is 2180 g/mol. The fourth-order valence-corrected chi connectivity index (χ4v) is 27.3. The first-order valence-corrected chi connectivity index (χ1v) is 41.9. The Bertz CT molecular complexity index is 5650. The predicted octanol–water partition coefficient (Wildman–Crippen LogP) is 24.2. The zero-order chi connectivity index (χ0) is 70.8. The number of benzene rings is 10. The second kappa shape index (κ2) is 30.4. The summed E-state index contributed by atoms with van der Waals surface area (Å²) >= 11 is 0. The summed E-state index contributed by atoms with van der Waals surface area (Å²) in [4.78, 5) is 20.5. The molecule has 0 spiro atoms. The summed E-state index contributed by atoms with van der Waals surface area (Å²) in [7, 11) is 0. The van der Waals surface area contributed by atoms with Gasteiger partial charge in [-0.15, -0.1) is 130 Å². The van der Waals surface area contributed by atoms with Crippen LogP contribution in [-0.2, 0) is 91.5 Å². The number of hydrogen-bond acceptors (Lipinski definition) is 4. The van der Waals surface area contributed by atoms with Gasteiger partial charge in [-0.05, 0) is 273 Å². The summed E-state index contributed by atoms with van der Waals surface area (Å²) in [6.45, 7) is 0. The van der Waals surface area contributed by atoms with Crippen LogP contribution in [0, 0.1) is 107 Å². The van der Waals surface area contributed by atoms with E-state index in [-0.39, 0.29) is 91.5 Å². The summed E-state index contributed by atoms with van der Waals surface area (Å²) in [5.41, 5.74) is 14.8. The normalized spacial score (nSPS) is 30.6. The maximum atomic E-state index is 5.18. The molecule has 4 heterocycles. The van der Waals surface area contributed by atoms with Gasteiger partial charge in [-0.25, -0.2) is 0 Å². The molecule has 4 radical (unpaired) electrons. The number of imidazole rings is 4. The Morgan fingerprint density at radius 3 is 0.902 bits per heavy atom. The molecule has 12 heteroatoms. The molecule has 576 valence electrons. The van der Waals surface area contributed by atoms with Crippen molar-refractivity contribution >= 4 is 65.7 Å². The molecule has 0 amide bonds. The van der Waals surface area contributed by atoms with E-state index < -0.39 is 0 Å². The molecule has 30 rings (SSSR count). The van der Waals surface area contributed by atoms with Crippen molar-refractivity contribution in [2.24, 2.45) is 82.9 Å². The smallest absolute Gasteiger partial charge is 0.0770 e. The number of fused-ring (bicyclic) bond motifs is 6. The number of para-hydroxylation sites is 8. The van der Waals surface area contributed by atoms with Gasteiger partial charge in [0.25, 0.3) is 0 Å². The van der Waals surface area contributed by atoms with Gasteiger partial charge in [-0.3, -0.25) is 19.9 Å². The third-order valence-electron chi connectivity index (χ3n) is 30.0. The van der Waals surface area contributed by atoms with E-state index in [1.807, 2.05) is 24.3 Å². The molecule has 10 aromatic carbocycles. The van der Waals surface area contributed by atoms with Gasteiger partial charge >= 0.3 is 0 Å². The third-order valence-corrected chi connectivity index (χ3v) is 30.0. The molecule has 14 aromatic rings. The van der Waals surface area contributed by atoms with Crippen LogP contribution in [0.3, 0.4) is 0 Å². The number of hydrogen-bond donors (Lipinski definition) is 0. The largest absolute Gasteiger partial charge is 0.361 e. The number of rotatable bonds is 8. The van der Waals surface area contributed by atoms with Gasteiger partial charge in [-0.1, -0.05) is 108 Å². The zero-order valence-electron chi connectivity index (χ0n) is 63.5. The molecule has 16 aliphatic carbocycles.